The van der Waals surface area contributed by atoms with Crippen LogP contribution in [-0.2, 0) is 10.0 Å². The first-order chi connectivity index (χ1) is 8.55. The summed E-state index contributed by atoms with van der Waals surface area (Å²) in [5.41, 5.74) is 5.55. The lowest BCUT2D eigenvalue weighted by molar-refractivity contribution is 0.287. The maximum atomic E-state index is 12.3. The van der Waals surface area contributed by atoms with Crippen LogP contribution in [0.5, 0.6) is 0 Å². The molecular weight excluding hydrogens is 274 g/mol. The first-order valence-electron chi connectivity index (χ1n) is 5.57. The second kappa shape index (κ2) is 5.25. The van der Waals surface area contributed by atoms with Gasteiger partial charge in [-0.15, -0.1) is 11.3 Å². The van der Waals surface area contributed by atoms with Crippen LogP contribution in [0, 0.1) is 5.92 Å². The summed E-state index contributed by atoms with van der Waals surface area (Å²) in [4.78, 5) is 0. The van der Waals surface area contributed by atoms with E-state index in [1.54, 1.807) is 17.5 Å². The van der Waals surface area contributed by atoms with Crippen LogP contribution >= 0.6 is 11.3 Å². The molecule has 100 valence electrons. The molecule has 0 spiro atoms. The van der Waals surface area contributed by atoms with Crippen molar-refractivity contribution in [3.63, 3.8) is 0 Å². The summed E-state index contributed by atoms with van der Waals surface area (Å²) in [6.07, 6.45) is 1.46. The van der Waals surface area contributed by atoms with Gasteiger partial charge < -0.3 is 10.9 Å². The molecule has 0 amide bonds. The summed E-state index contributed by atoms with van der Waals surface area (Å²) in [5.74, 6) is -0.112. The van der Waals surface area contributed by atoms with E-state index >= 15 is 0 Å². The lowest BCUT2D eigenvalue weighted by Crippen LogP contribution is -2.43. The Bertz CT molecular complexity index is 525. The van der Waals surface area contributed by atoms with Gasteiger partial charge in [-0.1, -0.05) is 11.2 Å². The number of hydrogen-bond acceptors (Lipinski definition) is 5. The highest BCUT2D eigenvalue weighted by Crippen LogP contribution is 2.26. The van der Waals surface area contributed by atoms with Crippen molar-refractivity contribution in [3.8, 4) is 0 Å². The van der Waals surface area contributed by atoms with Gasteiger partial charge in [0.15, 0.2) is 0 Å². The Morgan fingerprint density at radius 2 is 2.39 bits per heavy atom. The summed E-state index contributed by atoms with van der Waals surface area (Å²) in [6, 6.07) is 3.30. The lowest BCUT2D eigenvalue weighted by Gasteiger charge is -2.30. The second-order valence-electron chi connectivity index (χ2n) is 4.16. The fraction of sp³-hybridized carbons (Fsp3) is 0.500. The van der Waals surface area contributed by atoms with E-state index in [-0.39, 0.29) is 18.3 Å². The Morgan fingerprint density at radius 1 is 1.61 bits per heavy atom. The van der Waals surface area contributed by atoms with Crippen LogP contribution in [0.15, 0.2) is 26.9 Å². The van der Waals surface area contributed by atoms with Gasteiger partial charge in [-0.3, -0.25) is 0 Å². The SMILES string of the molecule is NC(=NO)C1CCCN(S(=O)(=O)c2cccs2)C1. The van der Waals surface area contributed by atoms with Crippen molar-refractivity contribution in [1.29, 1.82) is 0 Å². The first kappa shape index (κ1) is 13.3. The van der Waals surface area contributed by atoms with Crippen molar-refractivity contribution >= 4 is 27.2 Å². The van der Waals surface area contributed by atoms with Crippen molar-refractivity contribution in [2.45, 2.75) is 17.1 Å². The minimum absolute atomic E-state index is 0.0982. The van der Waals surface area contributed by atoms with Crippen LogP contribution in [0.1, 0.15) is 12.8 Å². The molecule has 1 fully saturated rings. The Hall–Kier alpha value is -1.12. The molecule has 0 radical (unpaired) electrons. The van der Waals surface area contributed by atoms with Crippen LogP contribution in [0.4, 0.5) is 0 Å². The highest BCUT2D eigenvalue weighted by Gasteiger charge is 2.32. The van der Waals surface area contributed by atoms with Gasteiger partial charge in [0.2, 0.25) is 0 Å². The summed E-state index contributed by atoms with van der Waals surface area (Å²) in [5, 5.41) is 13.4. The van der Waals surface area contributed by atoms with Crippen LogP contribution in [-0.4, -0.2) is 36.9 Å². The number of rotatable bonds is 3. The number of oxime groups is 1. The number of nitrogens with zero attached hydrogens (tertiary/aromatic N) is 2. The number of nitrogens with two attached hydrogens (primary N) is 1. The Balaban J connectivity index is 2.19. The minimum atomic E-state index is -3.43. The second-order valence-corrected chi connectivity index (χ2v) is 7.27. The van der Waals surface area contributed by atoms with E-state index in [2.05, 4.69) is 5.16 Å². The normalized spacial score (nSPS) is 23.1. The number of hydrogen-bond donors (Lipinski definition) is 2. The van der Waals surface area contributed by atoms with Crippen molar-refractivity contribution in [2.24, 2.45) is 16.8 Å². The highest BCUT2D eigenvalue weighted by atomic mass is 32.2. The van der Waals surface area contributed by atoms with Gasteiger partial charge in [0.05, 0.1) is 0 Å². The van der Waals surface area contributed by atoms with E-state index in [9.17, 15) is 8.42 Å². The summed E-state index contributed by atoms with van der Waals surface area (Å²) < 4.78 is 26.3. The fourth-order valence-corrected chi connectivity index (χ4v) is 4.69. The van der Waals surface area contributed by atoms with E-state index in [4.69, 9.17) is 10.9 Å². The van der Waals surface area contributed by atoms with Crippen molar-refractivity contribution in [3.05, 3.63) is 17.5 Å². The third-order valence-corrected chi connectivity index (χ3v) is 6.25. The maximum absolute atomic E-state index is 12.3. The molecular formula is C10H15N3O3S2. The van der Waals surface area contributed by atoms with Gasteiger partial charge in [0.25, 0.3) is 10.0 Å². The standard InChI is InChI=1S/C10H15N3O3S2/c11-10(12-14)8-3-1-5-13(7-8)18(15,16)9-4-2-6-17-9/h2,4,6,8,14H,1,3,5,7H2,(H2,11,12). The van der Waals surface area contributed by atoms with E-state index in [0.29, 0.717) is 17.2 Å². The van der Waals surface area contributed by atoms with Crippen LogP contribution < -0.4 is 5.73 Å². The maximum Gasteiger partial charge on any atom is 0.252 e. The van der Waals surface area contributed by atoms with E-state index in [1.807, 2.05) is 0 Å². The van der Waals surface area contributed by atoms with E-state index in [0.717, 1.165) is 6.42 Å². The predicted octanol–water partition coefficient (Wildman–Crippen LogP) is 0.895. The zero-order chi connectivity index (χ0) is 13.2. The third kappa shape index (κ3) is 2.50. The molecule has 0 aliphatic carbocycles. The van der Waals surface area contributed by atoms with Gasteiger partial charge >= 0.3 is 0 Å². The fourth-order valence-electron chi connectivity index (χ4n) is 2.02. The molecule has 0 aromatic carbocycles. The molecule has 8 heteroatoms. The largest absolute Gasteiger partial charge is 0.409 e. The van der Waals surface area contributed by atoms with Gasteiger partial charge in [-0.25, -0.2) is 8.42 Å². The van der Waals surface area contributed by atoms with E-state index in [1.165, 1.54) is 15.6 Å². The van der Waals surface area contributed by atoms with E-state index < -0.39 is 10.0 Å². The first-order valence-corrected chi connectivity index (χ1v) is 7.88. The zero-order valence-corrected chi connectivity index (χ0v) is 11.3. The van der Waals surface area contributed by atoms with Crippen LogP contribution in [0.25, 0.3) is 0 Å². The average Bonchev–Trinajstić information content (AvgIpc) is 2.92. The lowest BCUT2D eigenvalue weighted by atomic mass is 9.99. The molecule has 2 heterocycles. The Morgan fingerprint density at radius 3 is 3.00 bits per heavy atom. The third-order valence-electron chi connectivity index (χ3n) is 3.01. The predicted molar refractivity (Wildman–Crippen MR) is 69.2 cm³/mol. The summed E-state index contributed by atoms with van der Waals surface area (Å²) in [7, 11) is -3.43. The molecule has 1 aliphatic heterocycles. The quantitative estimate of drug-likeness (QED) is 0.374. The van der Waals surface area contributed by atoms with Crippen molar-refractivity contribution < 1.29 is 13.6 Å². The molecule has 0 bridgehead atoms. The topological polar surface area (TPSA) is 96.0 Å². The zero-order valence-electron chi connectivity index (χ0n) is 9.69. The Kier molecular flexibility index (Phi) is 3.88. The van der Waals surface area contributed by atoms with Crippen molar-refractivity contribution in [1.82, 2.24) is 4.31 Å². The van der Waals surface area contributed by atoms with Gasteiger partial charge in [0.1, 0.15) is 10.0 Å². The Labute approximate surface area is 110 Å². The highest BCUT2D eigenvalue weighted by molar-refractivity contribution is 7.91. The molecule has 1 unspecified atom stereocenters. The van der Waals surface area contributed by atoms with Gasteiger partial charge in [0, 0.05) is 19.0 Å². The number of piperidine rings is 1. The molecule has 2 rings (SSSR count). The molecule has 1 saturated heterocycles. The molecule has 1 aliphatic rings. The minimum Gasteiger partial charge on any atom is -0.409 e. The van der Waals surface area contributed by atoms with Crippen LogP contribution in [0.3, 0.4) is 0 Å². The molecule has 1 atom stereocenters. The molecule has 6 nitrogen and oxygen atoms in total. The monoisotopic (exact) mass is 289 g/mol. The summed E-state index contributed by atoms with van der Waals surface area (Å²) >= 11 is 1.20. The van der Waals surface area contributed by atoms with Gasteiger partial charge in [-0.05, 0) is 24.3 Å². The number of sulfonamides is 1. The van der Waals surface area contributed by atoms with Crippen LogP contribution in [0.2, 0.25) is 0 Å². The molecule has 3 N–H and O–H groups in total. The average molecular weight is 289 g/mol. The van der Waals surface area contributed by atoms with Crippen molar-refractivity contribution in [2.75, 3.05) is 13.1 Å². The summed E-state index contributed by atoms with van der Waals surface area (Å²) in [6.45, 7) is 0.756. The number of thiophene rings is 1. The smallest absolute Gasteiger partial charge is 0.252 e. The molecule has 1 aromatic rings. The molecule has 1 aromatic heterocycles. The molecule has 0 saturated carbocycles. The van der Waals surface area contributed by atoms with Gasteiger partial charge in [-0.2, -0.15) is 4.31 Å². The molecule has 18 heavy (non-hydrogen) atoms. The number of amidine groups is 1.